The second kappa shape index (κ2) is 3.74. The molecule has 1 aromatic rings. The normalized spacial score (nSPS) is 11.8. The minimum absolute atomic E-state index is 0.00722. The van der Waals surface area contributed by atoms with Crippen molar-refractivity contribution in [1.82, 2.24) is 4.72 Å². The molecule has 68 valence electrons. The van der Waals surface area contributed by atoms with E-state index in [1.165, 1.54) is 18.4 Å². The Bertz CT molecular complexity index is 357. The van der Waals surface area contributed by atoms with Gasteiger partial charge in [0.15, 0.2) is 0 Å². The second-order valence-corrected chi connectivity index (χ2v) is 5.69. The number of rotatable bonds is 3. The molecule has 6 heteroatoms. The Morgan fingerprint density at radius 2 is 2.33 bits per heavy atom. The van der Waals surface area contributed by atoms with Crippen LogP contribution in [0.3, 0.4) is 0 Å². The molecular weight excluding hydrogens is 218 g/mol. The number of sulfonamides is 1. The quantitative estimate of drug-likeness (QED) is 0.847. The highest BCUT2D eigenvalue weighted by Crippen LogP contribution is 2.20. The van der Waals surface area contributed by atoms with Crippen LogP contribution in [0.5, 0.6) is 0 Å². The number of hydrogen-bond donors (Lipinski definition) is 1. The van der Waals surface area contributed by atoms with E-state index in [4.69, 9.17) is 11.6 Å². The third-order valence-electron chi connectivity index (χ3n) is 1.29. The Morgan fingerprint density at radius 3 is 2.75 bits per heavy atom. The fourth-order valence-corrected chi connectivity index (χ4v) is 2.48. The lowest BCUT2D eigenvalue weighted by atomic mass is 10.4. The number of hydrogen-bond acceptors (Lipinski definition) is 3. The summed E-state index contributed by atoms with van der Waals surface area (Å²) in [5.41, 5.74) is 0.722. The Morgan fingerprint density at radius 1 is 1.67 bits per heavy atom. The highest BCUT2D eigenvalue weighted by atomic mass is 35.5. The summed E-state index contributed by atoms with van der Waals surface area (Å²) < 4.78 is 24.9. The van der Waals surface area contributed by atoms with Crippen molar-refractivity contribution in [2.45, 2.75) is 5.75 Å². The summed E-state index contributed by atoms with van der Waals surface area (Å²) in [5.74, 6) is -0.00722. The summed E-state index contributed by atoms with van der Waals surface area (Å²) in [6, 6.07) is 1.65. The van der Waals surface area contributed by atoms with Crippen LogP contribution in [0.25, 0.3) is 0 Å². The van der Waals surface area contributed by atoms with Gasteiger partial charge in [-0.15, -0.1) is 11.3 Å². The van der Waals surface area contributed by atoms with Gasteiger partial charge in [0.25, 0.3) is 0 Å². The van der Waals surface area contributed by atoms with E-state index in [0.29, 0.717) is 4.34 Å². The zero-order valence-corrected chi connectivity index (χ0v) is 8.76. The van der Waals surface area contributed by atoms with Crippen molar-refractivity contribution in [3.63, 3.8) is 0 Å². The summed E-state index contributed by atoms with van der Waals surface area (Å²) in [5, 5.41) is 1.73. The highest BCUT2D eigenvalue weighted by Gasteiger charge is 2.09. The molecule has 0 amide bonds. The molecule has 1 N–H and O–H groups in total. The molecular formula is C6H8ClNO2S2. The average molecular weight is 226 g/mol. The summed E-state index contributed by atoms with van der Waals surface area (Å²) in [6.07, 6.45) is 0. The molecule has 1 rings (SSSR count). The Hall–Kier alpha value is -0.100. The van der Waals surface area contributed by atoms with Gasteiger partial charge in [0, 0.05) is 0 Å². The molecule has 0 aliphatic heterocycles. The van der Waals surface area contributed by atoms with Crippen molar-refractivity contribution in [3.8, 4) is 0 Å². The van der Waals surface area contributed by atoms with Crippen LogP contribution in [0.2, 0.25) is 4.34 Å². The minimum Gasteiger partial charge on any atom is -0.218 e. The molecule has 12 heavy (non-hydrogen) atoms. The first-order valence-electron chi connectivity index (χ1n) is 3.17. The third-order valence-corrected chi connectivity index (χ3v) is 3.76. The molecule has 0 aliphatic carbocycles. The van der Waals surface area contributed by atoms with Gasteiger partial charge in [0.2, 0.25) is 10.0 Å². The van der Waals surface area contributed by atoms with Gasteiger partial charge < -0.3 is 0 Å². The molecule has 0 atom stereocenters. The molecule has 0 aliphatic rings. The van der Waals surface area contributed by atoms with Crippen molar-refractivity contribution in [2.75, 3.05) is 7.05 Å². The second-order valence-electron chi connectivity index (χ2n) is 2.22. The van der Waals surface area contributed by atoms with Crippen LogP contribution in [0.15, 0.2) is 11.4 Å². The first kappa shape index (κ1) is 9.98. The number of halogens is 1. The van der Waals surface area contributed by atoms with Gasteiger partial charge in [-0.05, 0) is 24.1 Å². The zero-order chi connectivity index (χ0) is 9.19. The number of nitrogens with one attached hydrogen (secondary N) is 1. The minimum atomic E-state index is -3.16. The maximum atomic E-state index is 11.0. The third kappa shape index (κ3) is 2.75. The van der Waals surface area contributed by atoms with Gasteiger partial charge in [-0.2, -0.15) is 0 Å². The fraction of sp³-hybridized carbons (Fsp3) is 0.333. The fourth-order valence-electron chi connectivity index (χ4n) is 0.713. The van der Waals surface area contributed by atoms with E-state index in [1.54, 1.807) is 11.4 Å². The Kier molecular flexibility index (Phi) is 3.11. The van der Waals surface area contributed by atoms with Crippen LogP contribution in [-0.2, 0) is 15.8 Å². The molecule has 1 heterocycles. The van der Waals surface area contributed by atoms with Crippen LogP contribution in [0.4, 0.5) is 0 Å². The van der Waals surface area contributed by atoms with Gasteiger partial charge in [-0.3, -0.25) is 0 Å². The predicted octanol–water partition coefficient (Wildman–Crippen LogP) is 1.45. The average Bonchev–Trinajstić information content (AvgIpc) is 2.35. The molecule has 0 saturated heterocycles. The first-order chi connectivity index (χ1) is 5.53. The highest BCUT2D eigenvalue weighted by molar-refractivity contribution is 7.88. The maximum Gasteiger partial charge on any atom is 0.215 e. The van der Waals surface area contributed by atoms with E-state index >= 15 is 0 Å². The van der Waals surface area contributed by atoms with Gasteiger partial charge in [-0.1, -0.05) is 11.6 Å². The van der Waals surface area contributed by atoms with E-state index in [9.17, 15) is 8.42 Å². The lowest BCUT2D eigenvalue weighted by Crippen LogP contribution is -2.19. The molecule has 0 radical (unpaired) electrons. The molecule has 0 unspecified atom stereocenters. The van der Waals surface area contributed by atoms with Crippen molar-refractivity contribution < 1.29 is 8.42 Å². The molecule has 0 spiro atoms. The molecule has 0 saturated carbocycles. The van der Waals surface area contributed by atoms with Gasteiger partial charge >= 0.3 is 0 Å². The van der Waals surface area contributed by atoms with Crippen LogP contribution in [0.1, 0.15) is 5.56 Å². The van der Waals surface area contributed by atoms with E-state index in [0.717, 1.165) is 5.56 Å². The lowest BCUT2D eigenvalue weighted by molar-refractivity contribution is 0.587. The maximum absolute atomic E-state index is 11.0. The molecule has 0 bridgehead atoms. The van der Waals surface area contributed by atoms with E-state index in [2.05, 4.69) is 4.72 Å². The summed E-state index contributed by atoms with van der Waals surface area (Å²) in [4.78, 5) is 0. The van der Waals surface area contributed by atoms with Crippen LogP contribution in [0, 0.1) is 0 Å². The van der Waals surface area contributed by atoms with Gasteiger partial charge in [-0.25, -0.2) is 13.1 Å². The molecule has 1 aromatic heterocycles. The lowest BCUT2D eigenvalue weighted by Gasteiger charge is -1.98. The molecule has 3 nitrogen and oxygen atoms in total. The van der Waals surface area contributed by atoms with Crippen molar-refractivity contribution in [1.29, 1.82) is 0 Å². The van der Waals surface area contributed by atoms with Gasteiger partial charge in [0.05, 0.1) is 10.1 Å². The van der Waals surface area contributed by atoms with E-state index in [1.807, 2.05) is 0 Å². The summed E-state index contributed by atoms with van der Waals surface area (Å²) in [7, 11) is -1.77. The predicted molar refractivity (Wildman–Crippen MR) is 51.0 cm³/mol. The SMILES string of the molecule is CNS(=O)(=O)Cc1csc(Cl)c1. The Labute approximate surface area is 80.4 Å². The first-order valence-corrected chi connectivity index (χ1v) is 6.08. The molecule has 0 aromatic carbocycles. The van der Waals surface area contributed by atoms with Crippen molar-refractivity contribution in [3.05, 3.63) is 21.3 Å². The van der Waals surface area contributed by atoms with Crippen LogP contribution < -0.4 is 4.72 Å². The monoisotopic (exact) mass is 225 g/mol. The van der Waals surface area contributed by atoms with Crippen LogP contribution in [-0.4, -0.2) is 15.5 Å². The standard InChI is InChI=1S/C6H8ClNO2S2/c1-8-12(9,10)4-5-2-6(7)11-3-5/h2-3,8H,4H2,1H3. The molecule has 0 fully saturated rings. The van der Waals surface area contributed by atoms with Crippen molar-refractivity contribution in [2.24, 2.45) is 0 Å². The van der Waals surface area contributed by atoms with E-state index in [-0.39, 0.29) is 5.75 Å². The van der Waals surface area contributed by atoms with E-state index < -0.39 is 10.0 Å². The Balaban J connectivity index is 2.77. The zero-order valence-electron chi connectivity index (χ0n) is 6.37. The van der Waals surface area contributed by atoms with Crippen LogP contribution >= 0.6 is 22.9 Å². The topological polar surface area (TPSA) is 46.2 Å². The van der Waals surface area contributed by atoms with Crippen molar-refractivity contribution >= 4 is 33.0 Å². The smallest absolute Gasteiger partial charge is 0.215 e. The summed E-state index contributed by atoms with van der Waals surface area (Å²) in [6.45, 7) is 0. The largest absolute Gasteiger partial charge is 0.218 e. The summed E-state index contributed by atoms with van der Waals surface area (Å²) >= 11 is 6.96. The van der Waals surface area contributed by atoms with Gasteiger partial charge in [0.1, 0.15) is 0 Å². The number of thiophene rings is 1.